The van der Waals surface area contributed by atoms with Gasteiger partial charge in [-0.2, -0.15) is 0 Å². The third-order valence-corrected chi connectivity index (χ3v) is 1.94. The first-order chi connectivity index (χ1) is 6.35. The Morgan fingerprint density at radius 3 is 3.00 bits per heavy atom. The average molecular weight is 180 g/mol. The van der Waals surface area contributed by atoms with Crippen LogP contribution in [-0.4, -0.2) is 15.1 Å². The van der Waals surface area contributed by atoms with Crippen LogP contribution in [0.3, 0.4) is 0 Å². The maximum Gasteiger partial charge on any atom is 0.147 e. The molecule has 68 valence electrons. The van der Waals surface area contributed by atoms with Crippen LogP contribution in [0.2, 0.25) is 0 Å². The lowest BCUT2D eigenvalue weighted by atomic mass is 10.2. The van der Waals surface area contributed by atoms with Crippen molar-refractivity contribution in [3.63, 3.8) is 0 Å². The van der Waals surface area contributed by atoms with Gasteiger partial charge in [-0.25, -0.2) is 9.37 Å². The summed E-state index contributed by atoms with van der Waals surface area (Å²) < 4.78 is 12.2. The normalized spacial score (nSPS) is 10.9. The van der Waals surface area contributed by atoms with Crippen molar-refractivity contribution in [2.75, 3.05) is 0 Å². The second-order valence-corrected chi connectivity index (χ2v) is 2.79. The number of benzene rings is 1. The second kappa shape index (κ2) is 3.14. The average Bonchev–Trinajstić information content (AvgIpc) is 2.59. The van der Waals surface area contributed by atoms with Gasteiger partial charge in [0.15, 0.2) is 0 Å². The fraction of sp³-hybridized carbons (Fsp3) is 0.222. The Labute approximate surface area is 74.2 Å². The summed E-state index contributed by atoms with van der Waals surface area (Å²) in [6.45, 7) is -0.687. The van der Waals surface area contributed by atoms with Gasteiger partial charge in [0, 0.05) is 5.56 Å². The molecule has 0 aliphatic rings. The van der Waals surface area contributed by atoms with E-state index in [-0.39, 0.29) is 6.61 Å². The van der Waals surface area contributed by atoms with Crippen LogP contribution in [0.1, 0.15) is 11.4 Å². The monoisotopic (exact) mass is 180 g/mol. The summed E-state index contributed by atoms with van der Waals surface area (Å²) >= 11 is 0. The molecule has 4 heteroatoms. The summed E-state index contributed by atoms with van der Waals surface area (Å²) in [5.74, 6) is 0.302. The highest BCUT2D eigenvalue weighted by Gasteiger charge is 2.05. The number of aromatic amines is 1. The molecule has 2 N–H and O–H groups in total. The van der Waals surface area contributed by atoms with Crippen molar-refractivity contribution in [3.8, 4) is 0 Å². The van der Waals surface area contributed by atoms with Crippen LogP contribution in [0.5, 0.6) is 0 Å². The zero-order valence-electron chi connectivity index (χ0n) is 6.92. The van der Waals surface area contributed by atoms with E-state index in [1.165, 1.54) is 0 Å². The minimum atomic E-state index is -0.612. The molecular weight excluding hydrogens is 171 g/mol. The van der Waals surface area contributed by atoms with E-state index in [2.05, 4.69) is 9.97 Å². The Morgan fingerprint density at radius 1 is 1.46 bits per heavy atom. The number of aromatic nitrogens is 2. The maximum absolute atomic E-state index is 12.2. The molecule has 2 rings (SSSR count). The molecule has 0 atom stereocenters. The maximum atomic E-state index is 12.2. The Bertz CT molecular complexity index is 424. The number of imidazole rings is 1. The van der Waals surface area contributed by atoms with Gasteiger partial charge in [0.25, 0.3) is 0 Å². The first-order valence-corrected chi connectivity index (χ1v) is 3.98. The van der Waals surface area contributed by atoms with Crippen LogP contribution in [0, 0.1) is 0 Å². The summed E-state index contributed by atoms with van der Waals surface area (Å²) in [7, 11) is 0. The number of para-hydroxylation sites is 1. The first-order valence-electron chi connectivity index (χ1n) is 3.98. The fourth-order valence-corrected chi connectivity index (χ4v) is 1.33. The van der Waals surface area contributed by atoms with Crippen LogP contribution in [-0.2, 0) is 13.3 Å². The highest BCUT2D eigenvalue weighted by atomic mass is 19.1. The zero-order chi connectivity index (χ0) is 9.26. The van der Waals surface area contributed by atoms with Gasteiger partial charge in [-0.05, 0) is 6.07 Å². The van der Waals surface area contributed by atoms with Gasteiger partial charge in [0.2, 0.25) is 0 Å². The second-order valence-electron chi connectivity index (χ2n) is 2.79. The third-order valence-electron chi connectivity index (χ3n) is 1.94. The van der Waals surface area contributed by atoms with Gasteiger partial charge < -0.3 is 10.1 Å². The van der Waals surface area contributed by atoms with E-state index in [0.717, 1.165) is 5.52 Å². The molecule has 1 aromatic heterocycles. The Hall–Kier alpha value is -1.42. The van der Waals surface area contributed by atoms with Crippen molar-refractivity contribution in [1.29, 1.82) is 0 Å². The molecule has 0 unspecified atom stereocenters. The van der Waals surface area contributed by atoms with Crippen molar-refractivity contribution in [2.24, 2.45) is 0 Å². The van der Waals surface area contributed by atoms with Gasteiger partial charge in [-0.1, -0.05) is 12.1 Å². The quantitative estimate of drug-likeness (QED) is 0.736. The van der Waals surface area contributed by atoms with Crippen LogP contribution in [0.25, 0.3) is 11.0 Å². The van der Waals surface area contributed by atoms with Gasteiger partial charge in [0.1, 0.15) is 12.5 Å². The number of nitrogens with one attached hydrogen (secondary N) is 1. The van der Waals surface area contributed by atoms with Gasteiger partial charge in [-0.3, -0.25) is 0 Å². The number of aliphatic hydroxyl groups is 1. The van der Waals surface area contributed by atoms with Gasteiger partial charge in [-0.15, -0.1) is 0 Å². The first kappa shape index (κ1) is 8.19. The number of hydrogen-bond acceptors (Lipinski definition) is 2. The lowest BCUT2D eigenvalue weighted by Gasteiger charge is -1.94. The summed E-state index contributed by atoms with van der Waals surface area (Å²) in [4.78, 5) is 6.83. The number of alkyl halides is 1. The molecule has 1 aromatic carbocycles. The van der Waals surface area contributed by atoms with Crippen LogP contribution in [0.4, 0.5) is 4.39 Å². The van der Waals surface area contributed by atoms with E-state index in [4.69, 9.17) is 5.11 Å². The molecule has 0 saturated heterocycles. The van der Waals surface area contributed by atoms with E-state index in [1.54, 1.807) is 18.2 Å². The summed E-state index contributed by atoms with van der Waals surface area (Å²) in [6.07, 6.45) is 0. The van der Waals surface area contributed by atoms with Crippen molar-refractivity contribution in [2.45, 2.75) is 13.3 Å². The van der Waals surface area contributed by atoms with E-state index < -0.39 is 6.67 Å². The third kappa shape index (κ3) is 1.29. The standard InChI is InChI=1S/C9H9FN2O/c10-4-8-11-7-3-1-2-6(5-13)9(7)12-8/h1-3,13H,4-5H2,(H,11,12). The minimum Gasteiger partial charge on any atom is -0.392 e. The number of H-pyrrole nitrogens is 1. The molecular formula is C9H9FN2O. The smallest absolute Gasteiger partial charge is 0.147 e. The van der Waals surface area contributed by atoms with Gasteiger partial charge >= 0.3 is 0 Å². The zero-order valence-corrected chi connectivity index (χ0v) is 6.92. The SMILES string of the molecule is OCc1cccc2[nH]c(CF)nc12. The number of aliphatic hydroxyl groups excluding tert-OH is 1. The Morgan fingerprint density at radius 2 is 2.31 bits per heavy atom. The summed E-state index contributed by atoms with van der Waals surface area (Å²) in [5, 5.41) is 8.97. The van der Waals surface area contributed by atoms with Crippen molar-refractivity contribution in [3.05, 3.63) is 29.6 Å². The predicted molar refractivity (Wildman–Crippen MR) is 46.8 cm³/mol. The van der Waals surface area contributed by atoms with Crippen LogP contribution in [0.15, 0.2) is 18.2 Å². The lowest BCUT2D eigenvalue weighted by Crippen LogP contribution is -1.84. The molecule has 3 nitrogen and oxygen atoms in total. The van der Waals surface area contributed by atoms with E-state index in [0.29, 0.717) is 16.9 Å². The summed E-state index contributed by atoms with van der Waals surface area (Å²) in [6, 6.07) is 5.37. The minimum absolute atomic E-state index is 0.0755. The van der Waals surface area contributed by atoms with Crippen LogP contribution < -0.4 is 0 Å². The fourth-order valence-electron chi connectivity index (χ4n) is 1.33. The molecule has 1 heterocycles. The van der Waals surface area contributed by atoms with E-state index in [9.17, 15) is 4.39 Å². The van der Waals surface area contributed by atoms with E-state index in [1.807, 2.05) is 0 Å². The largest absolute Gasteiger partial charge is 0.392 e. The molecule has 0 spiro atoms. The molecule has 0 amide bonds. The molecule has 0 bridgehead atoms. The summed E-state index contributed by atoms with van der Waals surface area (Å²) in [5.41, 5.74) is 2.13. The number of fused-ring (bicyclic) bond motifs is 1. The number of halogens is 1. The van der Waals surface area contributed by atoms with E-state index >= 15 is 0 Å². The molecule has 0 fully saturated rings. The molecule has 0 aliphatic carbocycles. The van der Waals surface area contributed by atoms with Crippen molar-refractivity contribution in [1.82, 2.24) is 9.97 Å². The predicted octanol–water partition coefficient (Wildman–Crippen LogP) is 1.52. The van der Waals surface area contributed by atoms with Crippen molar-refractivity contribution < 1.29 is 9.50 Å². The highest BCUT2D eigenvalue weighted by molar-refractivity contribution is 5.78. The topological polar surface area (TPSA) is 48.9 Å². The lowest BCUT2D eigenvalue weighted by molar-refractivity contribution is 0.283. The van der Waals surface area contributed by atoms with Crippen molar-refractivity contribution >= 4 is 11.0 Å². The molecule has 0 radical (unpaired) electrons. The molecule has 0 aliphatic heterocycles. The highest BCUT2D eigenvalue weighted by Crippen LogP contribution is 2.16. The number of hydrogen-bond donors (Lipinski definition) is 2. The number of nitrogens with zero attached hydrogens (tertiary/aromatic N) is 1. The molecule has 13 heavy (non-hydrogen) atoms. The Balaban J connectivity index is 2.67. The number of rotatable bonds is 2. The van der Waals surface area contributed by atoms with Crippen LogP contribution >= 0.6 is 0 Å². The molecule has 2 aromatic rings. The Kier molecular flexibility index (Phi) is 1.98. The van der Waals surface area contributed by atoms with Gasteiger partial charge in [0.05, 0.1) is 17.6 Å². The molecule has 0 saturated carbocycles.